The van der Waals surface area contributed by atoms with Gasteiger partial charge in [0.15, 0.2) is 0 Å². The van der Waals surface area contributed by atoms with Crippen LogP contribution in [0.5, 0.6) is 0 Å². The molecule has 0 amide bonds. The number of hydrogen-bond donors (Lipinski definition) is 1. The number of aromatic nitrogens is 1. The lowest BCUT2D eigenvalue weighted by Gasteiger charge is -2.20. The first kappa shape index (κ1) is 14.6. The molecular formula is C13H14ClN3O2S. The summed E-state index contributed by atoms with van der Waals surface area (Å²) in [5, 5.41) is 0.115. The number of rotatable bonds is 3. The predicted molar refractivity (Wildman–Crippen MR) is 80.4 cm³/mol. The Kier molecular flexibility index (Phi) is 3.87. The molecule has 0 aliphatic heterocycles. The van der Waals surface area contributed by atoms with Crippen molar-refractivity contribution in [3.63, 3.8) is 0 Å². The molecule has 1 aromatic carbocycles. The number of nitrogens with two attached hydrogens (primary N) is 1. The van der Waals surface area contributed by atoms with Gasteiger partial charge in [0.2, 0.25) is 0 Å². The van der Waals surface area contributed by atoms with Crippen molar-refractivity contribution in [2.75, 3.05) is 17.1 Å². The van der Waals surface area contributed by atoms with E-state index in [-0.39, 0.29) is 15.7 Å². The summed E-state index contributed by atoms with van der Waals surface area (Å²) in [5.74, 6) is 0.101. The molecule has 5 nitrogen and oxygen atoms in total. The maximum Gasteiger partial charge on any atom is 0.265 e. The van der Waals surface area contributed by atoms with Crippen LogP contribution in [-0.4, -0.2) is 20.4 Å². The minimum Gasteiger partial charge on any atom is -0.382 e. The van der Waals surface area contributed by atoms with Gasteiger partial charge in [-0.25, -0.2) is 13.4 Å². The fourth-order valence-electron chi connectivity index (χ4n) is 1.69. The van der Waals surface area contributed by atoms with E-state index in [4.69, 9.17) is 17.3 Å². The van der Waals surface area contributed by atoms with Gasteiger partial charge in [-0.1, -0.05) is 23.7 Å². The van der Waals surface area contributed by atoms with Crippen LogP contribution in [-0.2, 0) is 10.0 Å². The third-order valence-corrected chi connectivity index (χ3v) is 4.92. The highest BCUT2D eigenvalue weighted by Crippen LogP contribution is 2.25. The van der Waals surface area contributed by atoms with Crippen molar-refractivity contribution < 1.29 is 8.42 Å². The summed E-state index contributed by atoms with van der Waals surface area (Å²) >= 11 is 5.83. The van der Waals surface area contributed by atoms with Crippen molar-refractivity contribution in [2.24, 2.45) is 0 Å². The SMILES string of the molecule is Cc1cccc(N(C)S(=O)(=O)c2cnc(N)c(Cl)c2)c1. The first-order valence-corrected chi connectivity index (χ1v) is 7.61. The molecule has 1 aromatic heterocycles. The summed E-state index contributed by atoms with van der Waals surface area (Å²) in [5.41, 5.74) is 7.03. The van der Waals surface area contributed by atoms with E-state index in [0.717, 1.165) is 5.56 Å². The van der Waals surface area contributed by atoms with E-state index in [1.807, 2.05) is 13.0 Å². The lowest BCUT2D eigenvalue weighted by atomic mass is 10.2. The Morgan fingerprint density at radius 1 is 1.30 bits per heavy atom. The van der Waals surface area contributed by atoms with Crippen molar-refractivity contribution >= 4 is 33.1 Å². The van der Waals surface area contributed by atoms with Gasteiger partial charge in [0, 0.05) is 13.2 Å². The van der Waals surface area contributed by atoms with E-state index in [1.54, 1.807) is 18.2 Å². The van der Waals surface area contributed by atoms with Crippen LogP contribution in [0.1, 0.15) is 5.56 Å². The van der Waals surface area contributed by atoms with Gasteiger partial charge < -0.3 is 5.73 Å². The minimum absolute atomic E-state index is 0.000654. The second kappa shape index (κ2) is 5.30. The Morgan fingerprint density at radius 2 is 2.00 bits per heavy atom. The molecule has 20 heavy (non-hydrogen) atoms. The third-order valence-electron chi connectivity index (χ3n) is 2.87. The number of aryl methyl sites for hydroxylation is 1. The Labute approximate surface area is 123 Å². The number of hydrogen-bond acceptors (Lipinski definition) is 4. The summed E-state index contributed by atoms with van der Waals surface area (Å²) in [6.45, 7) is 1.89. The van der Waals surface area contributed by atoms with E-state index in [1.165, 1.54) is 23.6 Å². The monoisotopic (exact) mass is 311 g/mol. The molecule has 2 aromatic rings. The zero-order chi connectivity index (χ0) is 14.9. The molecule has 0 saturated heterocycles. The van der Waals surface area contributed by atoms with Crippen molar-refractivity contribution in [2.45, 2.75) is 11.8 Å². The van der Waals surface area contributed by atoms with Gasteiger partial charge in [-0.2, -0.15) is 0 Å². The summed E-state index contributed by atoms with van der Waals surface area (Å²) < 4.78 is 26.2. The molecule has 0 spiro atoms. The summed E-state index contributed by atoms with van der Waals surface area (Å²) in [4.78, 5) is 3.78. The van der Waals surface area contributed by atoms with E-state index < -0.39 is 10.0 Å². The number of halogens is 1. The van der Waals surface area contributed by atoms with Crippen LogP contribution in [0.2, 0.25) is 5.02 Å². The predicted octanol–water partition coefficient (Wildman–Crippen LogP) is 2.45. The Balaban J connectivity index is 2.46. The first-order valence-electron chi connectivity index (χ1n) is 5.79. The molecule has 2 N–H and O–H groups in total. The quantitative estimate of drug-likeness (QED) is 0.944. The fourth-order valence-corrected chi connectivity index (χ4v) is 3.08. The fraction of sp³-hybridized carbons (Fsp3) is 0.154. The first-order chi connectivity index (χ1) is 9.32. The lowest BCUT2D eigenvalue weighted by molar-refractivity contribution is 0.594. The zero-order valence-corrected chi connectivity index (χ0v) is 12.6. The second-order valence-corrected chi connectivity index (χ2v) is 6.73. The van der Waals surface area contributed by atoms with Crippen LogP contribution >= 0.6 is 11.6 Å². The summed E-state index contributed by atoms with van der Waals surface area (Å²) in [7, 11) is -2.24. The number of nitrogens with zero attached hydrogens (tertiary/aromatic N) is 2. The molecule has 106 valence electrons. The summed E-state index contributed by atoms with van der Waals surface area (Å²) in [6.07, 6.45) is 1.20. The molecular weight excluding hydrogens is 298 g/mol. The van der Waals surface area contributed by atoms with E-state index >= 15 is 0 Å². The van der Waals surface area contributed by atoms with Gasteiger partial charge in [-0.3, -0.25) is 4.31 Å². The molecule has 1 heterocycles. The average molecular weight is 312 g/mol. The van der Waals surface area contributed by atoms with Crippen LogP contribution in [0.15, 0.2) is 41.4 Å². The molecule has 0 radical (unpaired) electrons. The van der Waals surface area contributed by atoms with E-state index in [0.29, 0.717) is 5.69 Å². The van der Waals surface area contributed by atoms with Crippen molar-refractivity contribution in [3.05, 3.63) is 47.1 Å². The molecule has 0 saturated carbocycles. The third kappa shape index (κ3) is 2.71. The number of sulfonamides is 1. The highest BCUT2D eigenvalue weighted by molar-refractivity contribution is 7.92. The number of pyridine rings is 1. The lowest BCUT2D eigenvalue weighted by Crippen LogP contribution is -2.26. The van der Waals surface area contributed by atoms with Gasteiger partial charge in [0.05, 0.1) is 10.7 Å². The molecule has 0 bridgehead atoms. The molecule has 0 aliphatic carbocycles. The number of anilines is 2. The average Bonchev–Trinajstić information content (AvgIpc) is 2.40. The van der Waals surface area contributed by atoms with Crippen LogP contribution in [0.25, 0.3) is 0 Å². The largest absolute Gasteiger partial charge is 0.382 e. The van der Waals surface area contributed by atoms with E-state index in [2.05, 4.69) is 4.98 Å². The van der Waals surface area contributed by atoms with Crippen LogP contribution in [0.3, 0.4) is 0 Å². The maximum absolute atomic E-state index is 12.5. The minimum atomic E-state index is -3.72. The van der Waals surface area contributed by atoms with Crippen LogP contribution in [0.4, 0.5) is 11.5 Å². The summed E-state index contributed by atoms with van der Waals surface area (Å²) in [6, 6.07) is 8.49. The maximum atomic E-state index is 12.5. The van der Waals surface area contributed by atoms with Crippen molar-refractivity contribution in [1.29, 1.82) is 0 Å². The molecule has 0 aliphatic rings. The standard InChI is InChI=1S/C13H14ClN3O2S/c1-9-4-3-5-10(6-9)17(2)20(18,19)11-7-12(14)13(15)16-8-11/h3-8H,1-2H3,(H2,15,16). The van der Waals surface area contributed by atoms with Gasteiger partial charge in [-0.15, -0.1) is 0 Å². The molecule has 7 heteroatoms. The Hall–Kier alpha value is -1.79. The molecule has 0 unspecified atom stereocenters. The number of benzene rings is 1. The van der Waals surface area contributed by atoms with Crippen molar-refractivity contribution in [1.82, 2.24) is 4.98 Å². The van der Waals surface area contributed by atoms with Gasteiger partial charge in [-0.05, 0) is 30.7 Å². The molecule has 0 atom stereocenters. The Bertz CT molecular complexity index is 747. The highest BCUT2D eigenvalue weighted by atomic mass is 35.5. The van der Waals surface area contributed by atoms with E-state index in [9.17, 15) is 8.42 Å². The Morgan fingerprint density at radius 3 is 2.60 bits per heavy atom. The van der Waals surface area contributed by atoms with Crippen LogP contribution < -0.4 is 10.0 Å². The smallest absolute Gasteiger partial charge is 0.265 e. The van der Waals surface area contributed by atoms with Crippen LogP contribution in [0, 0.1) is 6.92 Å². The highest BCUT2D eigenvalue weighted by Gasteiger charge is 2.22. The normalized spacial score (nSPS) is 11.3. The van der Waals surface area contributed by atoms with Gasteiger partial charge >= 0.3 is 0 Å². The molecule has 2 rings (SSSR count). The van der Waals surface area contributed by atoms with Gasteiger partial charge in [0.1, 0.15) is 10.7 Å². The second-order valence-electron chi connectivity index (χ2n) is 4.35. The number of nitrogen functional groups attached to an aromatic ring is 1. The van der Waals surface area contributed by atoms with Crippen molar-refractivity contribution in [3.8, 4) is 0 Å². The topological polar surface area (TPSA) is 76.3 Å². The zero-order valence-electron chi connectivity index (χ0n) is 11.0. The molecule has 0 fully saturated rings. The van der Waals surface area contributed by atoms with Gasteiger partial charge in [0.25, 0.3) is 10.0 Å².